The number of thiocarbonyl (C=S) groups is 1. The summed E-state index contributed by atoms with van der Waals surface area (Å²) in [7, 11) is 0. The molecule has 1 heterocycles. The molecule has 0 N–H and O–H groups in total. The van der Waals surface area contributed by atoms with Crippen LogP contribution in [-0.2, 0) is 4.79 Å². The number of hydrogen-bond acceptors (Lipinski definition) is 4. The van der Waals surface area contributed by atoms with Crippen LogP contribution in [0.4, 0.5) is 5.69 Å². The number of thioether (sulfide) groups is 1. The van der Waals surface area contributed by atoms with E-state index in [1.54, 1.807) is 4.90 Å². The van der Waals surface area contributed by atoms with Gasteiger partial charge in [-0.2, -0.15) is 0 Å². The van der Waals surface area contributed by atoms with E-state index >= 15 is 0 Å². The van der Waals surface area contributed by atoms with Crippen molar-refractivity contribution in [3.05, 3.63) is 62.5 Å². The molecule has 0 radical (unpaired) electrons. The third kappa shape index (κ3) is 4.67. The summed E-state index contributed by atoms with van der Waals surface area (Å²) < 4.78 is 7.21. The van der Waals surface area contributed by atoms with Gasteiger partial charge in [0.1, 0.15) is 5.75 Å². The Labute approximate surface area is 184 Å². The first-order valence-corrected chi connectivity index (χ1v) is 11.1. The fourth-order valence-corrected chi connectivity index (χ4v) is 4.66. The van der Waals surface area contributed by atoms with E-state index in [9.17, 15) is 4.79 Å². The predicted octanol–water partition coefficient (Wildman–Crippen LogP) is 6.51. The van der Waals surface area contributed by atoms with E-state index in [4.69, 9.17) is 17.0 Å². The van der Waals surface area contributed by atoms with E-state index in [0.717, 1.165) is 32.6 Å². The molecule has 0 atom stereocenters. The molecule has 0 saturated carbocycles. The number of carbonyl (C=O) groups excluding carboxylic acids is 1. The van der Waals surface area contributed by atoms with Crippen molar-refractivity contribution < 1.29 is 9.53 Å². The summed E-state index contributed by atoms with van der Waals surface area (Å²) in [4.78, 5) is 15.2. The molecule has 3 nitrogen and oxygen atoms in total. The van der Waals surface area contributed by atoms with Gasteiger partial charge < -0.3 is 4.74 Å². The van der Waals surface area contributed by atoms with Gasteiger partial charge in [-0.1, -0.05) is 61.6 Å². The Balaban J connectivity index is 1.84. The smallest absolute Gasteiger partial charge is 0.270 e. The van der Waals surface area contributed by atoms with Gasteiger partial charge in [0, 0.05) is 0 Å². The highest BCUT2D eigenvalue weighted by Crippen LogP contribution is 2.38. The first kappa shape index (κ1) is 21.1. The van der Waals surface area contributed by atoms with Crippen LogP contribution in [0.2, 0.25) is 0 Å². The molecule has 1 saturated heterocycles. The Bertz CT molecular complexity index is 969. The maximum absolute atomic E-state index is 13.0. The lowest BCUT2D eigenvalue weighted by atomic mass is 10.1. The first-order valence-electron chi connectivity index (χ1n) is 9.04. The average molecular weight is 476 g/mol. The van der Waals surface area contributed by atoms with E-state index in [2.05, 4.69) is 35.8 Å². The summed E-state index contributed by atoms with van der Waals surface area (Å²) >= 11 is 10.4. The number of ether oxygens (including phenoxy) is 1. The zero-order valence-electron chi connectivity index (χ0n) is 16.3. The number of halogens is 1. The van der Waals surface area contributed by atoms with Crippen LogP contribution in [0.15, 0.2) is 45.8 Å². The number of hydrogen-bond donors (Lipinski definition) is 0. The van der Waals surface area contributed by atoms with Gasteiger partial charge in [-0.25, -0.2) is 0 Å². The van der Waals surface area contributed by atoms with Crippen LogP contribution in [0.3, 0.4) is 0 Å². The summed E-state index contributed by atoms with van der Waals surface area (Å²) in [5.41, 5.74) is 3.96. The number of amides is 1. The van der Waals surface area contributed by atoms with Crippen LogP contribution in [0, 0.1) is 19.8 Å². The summed E-state index contributed by atoms with van der Waals surface area (Å²) in [5, 5.41) is 0. The Hall–Kier alpha value is -1.63. The van der Waals surface area contributed by atoms with Crippen LogP contribution in [0.1, 0.15) is 30.5 Å². The molecule has 6 heteroatoms. The van der Waals surface area contributed by atoms with Crippen LogP contribution in [0.5, 0.6) is 5.75 Å². The normalized spacial score (nSPS) is 15.8. The highest BCUT2D eigenvalue weighted by molar-refractivity contribution is 9.10. The van der Waals surface area contributed by atoms with Crippen molar-refractivity contribution in [1.82, 2.24) is 0 Å². The number of benzene rings is 2. The van der Waals surface area contributed by atoms with Gasteiger partial charge in [-0.15, -0.1) is 0 Å². The van der Waals surface area contributed by atoms with E-state index in [-0.39, 0.29) is 5.91 Å². The molecule has 3 rings (SSSR count). The Morgan fingerprint density at radius 2 is 1.96 bits per heavy atom. The molecule has 146 valence electrons. The molecule has 2 aromatic carbocycles. The zero-order chi connectivity index (χ0) is 20.4. The molecule has 1 aliphatic rings. The van der Waals surface area contributed by atoms with Crippen molar-refractivity contribution in [2.24, 2.45) is 5.92 Å². The molecule has 0 unspecified atom stereocenters. The lowest BCUT2D eigenvalue weighted by Gasteiger charge is -2.17. The van der Waals surface area contributed by atoms with Crippen molar-refractivity contribution in [2.45, 2.75) is 27.7 Å². The van der Waals surface area contributed by atoms with Gasteiger partial charge in [0.15, 0.2) is 4.32 Å². The molecule has 0 bridgehead atoms. The number of anilines is 1. The number of nitrogens with zero attached hydrogens (tertiary/aromatic N) is 1. The van der Waals surface area contributed by atoms with E-state index in [0.29, 0.717) is 21.8 Å². The van der Waals surface area contributed by atoms with Gasteiger partial charge in [0.25, 0.3) is 5.91 Å². The first-order chi connectivity index (χ1) is 13.3. The minimum atomic E-state index is -0.0850. The van der Waals surface area contributed by atoms with Crippen molar-refractivity contribution >= 4 is 61.9 Å². The van der Waals surface area contributed by atoms with Crippen molar-refractivity contribution in [1.29, 1.82) is 0 Å². The van der Waals surface area contributed by atoms with Crippen LogP contribution < -0.4 is 9.64 Å². The van der Waals surface area contributed by atoms with Gasteiger partial charge in [0.2, 0.25) is 0 Å². The Morgan fingerprint density at radius 1 is 1.21 bits per heavy atom. The third-order valence-electron chi connectivity index (χ3n) is 4.21. The second kappa shape index (κ2) is 8.80. The molecule has 1 aliphatic heterocycles. The number of rotatable bonds is 5. The SMILES string of the molecule is Cc1ccc(N2C(=O)/C(=C/c3ccc(OCC(C)C)c(Br)c3)SC2=S)c(C)c1. The average Bonchev–Trinajstić information content (AvgIpc) is 2.88. The van der Waals surface area contributed by atoms with Crippen molar-refractivity contribution in [3.63, 3.8) is 0 Å². The minimum Gasteiger partial charge on any atom is -0.492 e. The topological polar surface area (TPSA) is 29.5 Å². The molecule has 28 heavy (non-hydrogen) atoms. The summed E-state index contributed by atoms with van der Waals surface area (Å²) in [6, 6.07) is 11.8. The lowest BCUT2D eigenvalue weighted by Crippen LogP contribution is -2.28. The fraction of sp³-hybridized carbons (Fsp3) is 0.273. The maximum atomic E-state index is 13.0. The van der Waals surface area contributed by atoms with Gasteiger partial charge in [0.05, 0.1) is 21.7 Å². The van der Waals surface area contributed by atoms with E-state index < -0.39 is 0 Å². The second-order valence-corrected chi connectivity index (χ2v) is 9.73. The van der Waals surface area contributed by atoms with Crippen LogP contribution in [0.25, 0.3) is 6.08 Å². The van der Waals surface area contributed by atoms with Gasteiger partial charge >= 0.3 is 0 Å². The zero-order valence-corrected chi connectivity index (χ0v) is 19.5. The molecule has 2 aromatic rings. The molecule has 1 fully saturated rings. The highest BCUT2D eigenvalue weighted by Gasteiger charge is 2.34. The molecule has 0 aromatic heterocycles. The quantitative estimate of drug-likeness (QED) is 0.364. The Kier molecular flexibility index (Phi) is 6.63. The van der Waals surface area contributed by atoms with Crippen LogP contribution in [-0.4, -0.2) is 16.8 Å². The largest absolute Gasteiger partial charge is 0.492 e. The summed E-state index contributed by atoms with van der Waals surface area (Å²) in [6.07, 6.45) is 1.87. The molecular weight excluding hydrogens is 454 g/mol. The monoisotopic (exact) mass is 475 g/mol. The van der Waals surface area contributed by atoms with Crippen molar-refractivity contribution in [3.8, 4) is 5.75 Å². The Morgan fingerprint density at radius 3 is 2.61 bits per heavy atom. The molecule has 1 amide bonds. The molecule has 0 aliphatic carbocycles. The molecular formula is C22H22BrNO2S2. The van der Waals surface area contributed by atoms with Gasteiger partial charge in [-0.05, 0) is 71.1 Å². The van der Waals surface area contributed by atoms with Crippen LogP contribution >= 0.6 is 39.9 Å². The summed E-state index contributed by atoms with van der Waals surface area (Å²) in [6.45, 7) is 8.91. The highest BCUT2D eigenvalue weighted by atomic mass is 79.9. The lowest BCUT2D eigenvalue weighted by molar-refractivity contribution is -0.113. The van der Waals surface area contributed by atoms with E-state index in [1.165, 1.54) is 11.8 Å². The van der Waals surface area contributed by atoms with Gasteiger partial charge in [-0.3, -0.25) is 9.69 Å². The second-order valence-electron chi connectivity index (χ2n) is 7.20. The molecule has 0 spiro atoms. The minimum absolute atomic E-state index is 0.0850. The predicted molar refractivity (Wildman–Crippen MR) is 126 cm³/mol. The standard InChI is InChI=1S/C22H22BrNO2S2/c1-13(2)12-26-19-8-6-16(10-17(19)23)11-20-21(25)24(22(27)28-20)18-7-5-14(3)9-15(18)4/h5-11,13H,12H2,1-4H3/b20-11-. The third-order valence-corrected chi connectivity index (χ3v) is 6.13. The maximum Gasteiger partial charge on any atom is 0.270 e. The summed E-state index contributed by atoms with van der Waals surface area (Å²) in [5.74, 6) is 1.17. The fourth-order valence-electron chi connectivity index (χ4n) is 2.86. The number of aryl methyl sites for hydroxylation is 2. The number of carbonyl (C=O) groups is 1. The van der Waals surface area contributed by atoms with Crippen molar-refractivity contribution in [2.75, 3.05) is 11.5 Å². The van der Waals surface area contributed by atoms with E-state index in [1.807, 2.05) is 50.3 Å².